The lowest BCUT2D eigenvalue weighted by molar-refractivity contribution is -0.0539. The van der Waals surface area contributed by atoms with Crippen LogP contribution >= 0.6 is 0 Å². The number of carbonyl (C=O) groups excluding carboxylic acids is 3. The van der Waals surface area contributed by atoms with Gasteiger partial charge in [0.1, 0.15) is 17.3 Å². The van der Waals surface area contributed by atoms with Gasteiger partial charge in [0.05, 0.1) is 0 Å². The SMILES string of the molecule is CCC(CCCC1CCC2C3CC=C4CC(OC(=O)N(CCCCNC(C)CCNC(=O)OC(C)(C)C)C(C)CCNC(=O)OC(C)(C)C)CCC4(C)C3CCC12C)C(C)C. The summed E-state index contributed by atoms with van der Waals surface area (Å²) in [6.07, 6.45) is 19.6. The predicted molar refractivity (Wildman–Crippen MR) is 249 cm³/mol. The summed E-state index contributed by atoms with van der Waals surface area (Å²) in [5, 5.41) is 9.26. The van der Waals surface area contributed by atoms with Crippen molar-refractivity contribution in [1.82, 2.24) is 20.9 Å². The van der Waals surface area contributed by atoms with Gasteiger partial charge in [-0.05, 0) is 185 Å². The molecule has 352 valence electrons. The van der Waals surface area contributed by atoms with Crippen LogP contribution in [0.4, 0.5) is 14.4 Å². The summed E-state index contributed by atoms with van der Waals surface area (Å²) in [6, 6.07) is 0.105. The van der Waals surface area contributed by atoms with Gasteiger partial charge in [-0.2, -0.15) is 0 Å². The van der Waals surface area contributed by atoms with Crippen LogP contribution in [-0.4, -0.2) is 78.7 Å². The van der Waals surface area contributed by atoms with E-state index in [1.165, 1.54) is 63.4 Å². The number of ether oxygens (including phenoxy) is 3. The van der Waals surface area contributed by atoms with Crippen LogP contribution < -0.4 is 16.0 Å². The van der Waals surface area contributed by atoms with Crippen LogP contribution in [0.1, 0.15) is 193 Å². The normalized spacial score (nSPS) is 29.0. The molecule has 0 saturated heterocycles. The number of alkyl carbamates (subject to hydrolysis) is 2. The van der Waals surface area contributed by atoms with Gasteiger partial charge in [0.25, 0.3) is 0 Å². The number of hydrogen-bond acceptors (Lipinski definition) is 7. The van der Waals surface area contributed by atoms with Crippen molar-refractivity contribution in [3.05, 3.63) is 11.6 Å². The average molecular weight is 857 g/mol. The first-order valence-electron chi connectivity index (χ1n) is 24.9. The summed E-state index contributed by atoms with van der Waals surface area (Å²) in [4.78, 5) is 40.4. The number of nitrogens with one attached hydrogen (secondary N) is 3. The maximum Gasteiger partial charge on any atom is 0.410 e. The quantitative estimate of drug-likeness (QED) is 0.0634. The number of carbonyl (C=O) groups is 3. The molecule has 4 rings (SSSR count). The van der Waals surface area contributed by atoms with Crippen molar-refractivity contribution in [2.45, 2.75) is 222 Å². The molecule has 0 aromatic rings. The Kier molecular flexibility index (Phi) is 18.8. The van der Waals surface area contributed by atoms with E-state index in [2.05, 4.69) is 70.5 Å². The summed E-state index contributed by atoms with van der Waals surface area (Å²) in [7, 11) is 0. The molecule has 4 aliphatic rings. The molecule has 0 radical (unpaired) electrons. The number of rotatable bonds is 20. The maximum atomic E-state index is 14.1. The van der Waals surface area contributed by atoms with E-state index in [1.807, 2.05) is 46.4 Å². The first-order valence-corrected chi connectivity index (χ1v) is 24.9. The lowest BCUT2D eigenvalue weighted by atomic mass is 9.47. The van der Waals surface area contributed by atoms with Crippen molar-refractivity contribution in [2.75, 3.05) is 26.2 Å². The fourth-order valence-corrected chi connectivity index (χ4v) is 12.1. The molecule has 0 aliphatic heterocycles. The molecule has 4 aliphatic carbocycles. The Bertz CT molecular complexity index is 1440. The fraction of sp³-hybridized carbons (Fsp3) is 0.902. The van der Waals surface area contributed by atoms with Crippen molar-refractivity contribution < 1.29 is 28.6 Å². The highest BCUT2D eigenvalue weighted by molar-refractivity contribution is 5.69. The Balaban J connectivity index is 1.31. The van der Waals surface area contributed by atoms with Crippen molar-refractivity contribution >= 4 is 18.3 Å². The molecule has 10 nitrogen and oxygen atoms in total. The third-order valence-corrected chi connectivity index (χ3v) is 15.7. The zero-order valence-electron chi connectivity index (χ0n) is 41.3. The minimum atomic E-state index is -0.571. The van der Waals surface area contributed by atoms with Gasteiger partial charge in [-0.25, -0.2) is 14.4 Å². The molecule has 3 saturated carbocycles. The van der Waals surface area contributed by atoms with E-state index < -0.39 is 23.4 Å². The van der Waals surface area contributed by atoms with Gasteiger partial charge in [-0.1, -0.05) is 65.5 Å². The van der Waals surface area contributed by atoms with E-state index in [9.17, 15) is 14.4 Å². The van der Waals surface area contributed by atoms with Gasteiger partial charge in [-0.15, -0.1) is 0 Å². The standard InChI is InChI=1S/C51H92N4O6/c1-14-38(35(2)3)18-17-19-39-21-23-43-42-22-20-40-34-41(24-28-51(40,13)44(42)25-29-50(39,43)12)59-47(58)55(37(5)27-32-54-46(57)61-49(9,10)11)33-16-15-30-52-36(4)26-31-53-45(56)60-48(6,7)8/h20,35-39,41-44,52H,14-19,21-34H2,1-13H3,(H,53,56)(H,54,57). The van der Waals surface area contributed by atoms with Crippen molar-refractivity contribution in [3.8, 4) is 0 Å². The van der Waals surface area contributed by atoms with Crippen LogP contribution in [0, 0.1) is 46.3 Å². The van der Waals surface area contributed by atoms with Crippen LogP contribution in [0.25, 0.3) is 0 Å². The molecule has 0 spiro atoms. The van der Waals surface area contributed by atoms with Crippen molar-refractivity contribution in [2.24, 2.45) is 46.3 Å². The molecule has 3 fully saturated rings. The Labute approximate surface area is 373 Å². The van der Waals surface area contributed by atoms with Gasteiger partial charge in [-0.3, -0.25) is 0 Å². The zero-order valence-corrected chi connectivity index (χ0v) is 41.3. The number of hydrogen-bond donors (Lipinski definition) is 3. The monoisotopic (exact) mass is 857 g/mol. The highest BCUT2D eigenvalue weighted by Gasteiger charge is 2.58. The maximum absolute atomic E-state index is 14.1. The molecule has 0 aromatic heterocycles. The Morgan fingerprint density at radius 1 is 0.803 bits per heavy atom. The smallest absolute Gasteiger partial charge is 0.410 e. The number of allylic oxidation sites excluding steroid dienone is 1. The summed E-state index contributed by atoms with van der Waals surface area (Å²) in [6.45, 7) is 30.0. The van der Waals surface area contributed by atoms with Crippen LogP contribution in [0.3, 0.4) is 0 Å². The number of fused-ring (bicyclic) bond motifs is 5. The number of amides is 3. The average Bonchev–Trinajstić information content (AvgIpc) is 3.49. The van der Waals surface area contributed by atoms with Gasteiger partial charge in [0.2, 0.25) is 0 Å². The van der Waals surface area contributed by atoms with Crippen molar-refractivity contribution in [3.63, 3.8) is 0 Å². The third-order valence-electron chi connectivity index (χ3n) is 15.7. The first-order chi connectivity index (χ1) is 28.6. The van der Waals surface area contributed by atoms with Crippen LogP contribution in [-0.2, 0) is 14.2 Å². The van der Waals surface area contributed by atoms with Gasteiger partial charge < -0.3 is 35.1 Å². The van der Waals surface area contributed by atoms with E-state index in [4.69, 9.17) is 14.2 Å². The summed E-state index contributed by atoms with van der Waals surface area (Å²) in [5.41, 5.74) is 1.15. The molecule has 10 unspecified atom stereocenters. The molecular formula is C51H92N4O6. The van der Waals surface area contributed by atoms with E-state index in [1.54, 1.807) is 0 Å². The van der Waals surface area contributed by atoms with Gasteiger partial charge in [0, 0.05) is 38.1 Å². The second-order valence-electron chi connectivity index (χ2n) is 22.7. The molecule has 61 heavy (non-hydrogen) atoms. The van der Waals surface area contributed by atoms with E-state index in [-0.39, 0.29) is 29.7 Å². The van der Waals surface area contributed by atoms with E-state index >= 15 is 0 Å². The predicted octanol–water partition coefficient (Wildman–Crippen LogP) is 12.2. The summed E-state index contributed by atoms with van der Waals surface area (Å²) >= 11 is 0. The second kappa shape index (κ2) is 22.4. The Morgan fingerprint density at radius 3 is 2.08 bits per heavy atom. The van der Waals surface area contributed by atoms with Crippen LogP contribution in [0.2, 0.25) is 0 Å². The number of unbranched alkanes of at least 4 members (excludes halogenated alkanes) is 1. The highest BCUT2D eigenvalue weighted by atomic mass is 16.6. The lowest BCUT2D eigenvalue weighted by Crippen LogP contribution is -2.51. The summed E-state index contributed by atoms with van der Waals surface area (Å²) < 4.78 is 17.2. The largest absolute Gasteiger partial charge is 0.446 e. The minimum Gasteiger partial charge on any atom is -0.446 e. The van der Waals surface area contributed by atoms with E-state index in [0.29, 0.717) is 31.5 Å². The highest BCUT2D eigenvalue weighted by Crippen LogP contribution is 2.67. The summed E-state index contributed by atoms with van der Waals surface area (Å²) in [5.74, 6) is 4.90. The topological polar surface area (TPSA) is 118 Å². The zero-order chi connectivity index (χ0) is 45.2. The molecule has 0 bridgehead atoms. The lowest BCUT2D eigenvalue weighted by Gasteiger charge is -2.58. The Hall–Kier alpha value is -2.49. The molecule has 10 heteroatoms. The first kappa shape index (κ1) is 51.1. The van der Waals surface area contributed by atoms with Crippen molar-refractivity contribution in [1.29, 1.82) is 0 Å². The van der Waals surface area contributed by atoms with Gasteiger partial charge in [0.15, 0.2) is 0 Å². The molecule has 0 aromatic carbocycles. The second-order valence-corrected chi connectivity index (χ2v) is 22.7. The third kappa shape index (κ3) is 14.8. The van der Waals surface area contributed by atoms with Crippen LogP contribution in [0.5, 0.6) is 0 Å². The molecule has 0 heterocycles. The molecular weight excluding hydrogens is 765 g/mol. The number of nitrogens with zero attached hydrogens (tertiary/aromatic N) is 1. The van der Waals surface area contributed by atoms with Gasteiger partial charge >= 0.3 is 18.3 Å². The molecule has 3 N–H and O–H groups in total. The fourth-order valence-electron chi connectivity index (χ4n) is 12.1. The Morgan fingerprint density at radius 2 is 1.46 bits per heavy atom. The molecule has 3 amide bonds. The van der Waals surface area contributed by atoms with E-state index in [0.717, 1.165) is 80.6 Å². The van der Waals surface area contributed by atoms with Crippen LogP contribution in [0.15, 0.2) is 11.6 Å². The molecule has 10 atom stereocenters. The minimum absolute atomic E-state index is 0.114.